The van der Waals surface area contributed by atoms with Gasteiger partial charge in [0.15, 0.2) is 0 Å². The number of nitrogens with one attached hydrogen (secondary N) is 2. The van der Waals surface area contributed by atoms with E-state index in [1.807, 2.05) is 37.3 Å². The van der Waals surface area contributed by atoms with Gasteiger partial charge in [-0.05, 0) is 31.0 Å². The second-order valence-electron chi connectivity index (χ2n) is 8.51. The van der Waals surface area contributed by atoms with Crippen LogP contribution in [0.15, 0.2) is 59.5 Å². The SMILES string of the molecule is CCCCCCCCCCC(CNCc1ccccc1)NS(=O)(=O)c1ccc(C)cc1. The largest absolute Gasteiger partial charge is 0.311 e. The predicted molar refractivity (Wildman–Crippen MR) is 131 cm³/mol. The van der Waals surface area contributed by atoms with Crippen molar-refractivity contribution >= 4 is 10.0 Å². The average Bonchev–Trinajstić information content (AvgIpc) is 2.76. The lowest BCUT2D eigenvalue weighted by Gasteiger charge is -2.20. The number of sulfonamides is 1. The standard InChI is InChI=1S/C26H40N2O2S/c1-3-4-5-6-7-8-9-13-16-25(22-27-21-24-14-11-10-12-15-24)28-31(29,30)26-19-17-23(2)18-20-26/h10-12,14-15,17-20,25,27-28H,3-9,13,16,21-22H2,1-2H3. The minimum absolute atomic E-state index is 0.116. The number of hydrogen-bond acceptors (Lipinski definition) is 3. The van der Waals surface area contributed by atoms with Crippen molar-refractivity contribution in [2.24, 2.45) is 0 Å². The third-order valence-corrected chi connectivity index (χ3v) is 7.16. The molecule has 2 aromatic rings. The second kappa shape index (κ2) is 14.4. The van der Waals surface area contributed by atoms with E-state index in [0.29, 0.717) is 11.4 Å². The summed E-state index contributed by atoms with van der Waals surface area (Å²) in [5.74, 6) is 0. The van der Waals surface area contributed by atoms with Gasteiger partial charge in [-0.2, -0.15) is 0 Å². The highest BCUT2D eigenvalue weighted by atomic mass is 32.2. The minimum atomic E-state index is -3.52. The summed E-state index contributed by atoms with van der Waals surface area (Å²) >= 11 is 0. The zero-order chi connectivity index (χ0) is 22.4. The molecule has 1 atom stereocenters. The van der Waals surface area contributed by atoms with Gasteiger partial charge in [0.25, 0.3) is 0 Å². The summed E-state index contributed by atoms with van der Waals surface area (Å²) in [7, 11) is -3.52. The van der Waals surface area contributed by atoms with Crippen LogP contribution in [-0.4, -0.2) is 21.0 Å². The quantitative estimate of drug-likeness (QED) is 0.314. The number of hydrogen-bond donors (Lipinski definition) is 2. The lowest BCUT2D eigenvalue weighted by molar-refractivity contribution is 0.466. The van der Waals surface area contributed by atoms with Gasteiger partial charge in [0, 0.05) is 19.1 Å². The van der Waals surface area contributed by atoms with Crippen molar-refractivity contribution in [2.75, 3.05) is 6.54 Å². The zero-order valence-corrected chi connectivity index (χ0v) is 20.1. The Hall–Kier alpha value is -1.69. The second-order valence-corrected chi connectivity index (χ2v) is 10.2. The molecule has 0 aliphatic carbocycles. The molecule has 0 spiro atoms. The van der Waals surface area contributed by atoms with Crippen molar-refractivity contribution in [2.45, 2.75) is 89.1 Å². The molecule has 2 rings (SSSR count). The lowest BCUT2D eigenvalue weighted by Crippen LogP contribution is -2.41. The maximum atomic E-state index is 12.9. The zero-order valence-electron chi connectivity index (χ0n) is 19.3. The molecule has 5 heteroatoms. The van der Waals surface area contributed by atoms with Crippen molar-refractivity contribution in [3.8, 4) is 0 Å². The van der Waals surface area contributed by atoms with E-state index in [4.69, 9.17) is 0 Å². The first-order valence-electron chi connectivity index (χ1n) is 11.8. The van der Waals surface area contributed by atoms with Crippen LogP contribution in [0.1, 0.15) is 75.8 Å². The van der Waals surface area contributed by atoms with Crippen LogP contribution >= 0.6 is 0 Å². The molecule has 0 radical (unpaired) electrons. The van der Waals surface area contributed by atoms with Gasteiger partial charge in [-0.25, -0.2) is 13.1 Å². The monoisotopic (exact) mass is 444 g/mol. The van der Waals surface area contributed by atoms with E-state index in [9.17, 15) is 8.42 Å². The van der Waals surface area contributed by atoms with E-state index in [0.717, 1.165) is 31.4 Å². The van der Waals surface area contributed by atoms with Crippen LogP contribution in [0.2, 0.25) is 0 Å². The molecule has 0 aliphatic heterocycles. The summed E-state index contributed by atoms with van der Waals surface area (Å²) in [5, 5.41) is 3.43. The molecule has 0 aromatic heterocycles. The Labute approximate surface area is 189 Å². The van der Waals surface area contributed by atoms with E-state index < -0.39 is 10.0 Å². The Morgan fingerprint density at radius 3 is 2.06 bits per heavy atom. The molecule has 2 N–H and O–H groups in total. The van der Waals surface area contributed by atoms with Crippen LogP contribution in [0.4, 0.5) is 0 Å². The highest BCUT2D eigenvalue weighted by molar-refractivity contribution is 7.89. The third kappa shape index (κ3) is 10.4. The molecule has 0 aliphatic rings. The van der Waals surface area contributed by atoms with Gasteiger partial charge in [-0.15, -0.1) is 0 Å². The maximum Gasteiger partial charge on any atom is 0.240 e. The molecule has 0 fully saturated rings. The molecular formula is C26H40N2O2S. The molecule has 0 heterocycles. The topological polar surface area (TPSA) is 58.2 Å². The fraction of sp³-hybridized carbons (Fsp3) is 0.538. The number of unbranched alkanes of at least 4 members (excludes halogenated alkanes) is 7. The van der Waals surface area contributed by atoms with Crippen molar-refractivity contribution < 1.29 is 8.42 Å². The summed E-state index contributed by atoms with van der Waals surface area (Å²) < 4.78 is 28.7. The van der Waals surface area contributed by atoms with E-state index in [-0.39, 0.29) is 6.04 Å². The summed E-state index contributed by atoms with van der Waals surface area (Å²) in [5.41, 5.74) is 2.26. The van der Waals surface area contributed by atoms with Crippen molar-refractivity contribution in [3.63, 3.8) is 0 Å². The fourth-order valence-electron chi connectivity index (χ4n) is 3.72. The lowest BCUT2D eigenvalue weighted by atomic mass is 10.0. The maximum absolute atomic E-state index is 12.9. The van der Waals surface area contributed by atoms with Crippen molar-refractivity contribution in [1.29, 1.82) is 0 Å². The van der Waals surface area contributed by atoms with Gasteiger partial charge in [0.1, 0.15) is 0 Å². The number of rotatable bonds is 16. The Morgan fingerprint density at radius 2 is 1.42 bits per heavy atom. The first kappa shape index (κ1) is 25.6. The predicted octanol–water partition coefficient (Wildman–Crippen LogP) is 5.96. The molecule has 2 aromatic carbocycles. The van der Waals surface area contributed by atoms with Crippen molar-refractivity contribution in [3.05, 3.63) is 65.7 Å². The molecule has 0 saturated carbocycles. The molecule has 0 amide bonds. The Kier molecular flexibility index (Phi) is 11.9. The first-order valence-corrected chi connectivity index (χ1v) is 13.3. The van der Waals surface area contributed by atoms with Crippen LogP contribution in [-0.2, 0) is 16.6 Å². The van der Waals surface area contributed by atoms with E-state index in [1.54, 1.807) is 12.1 Å². The average molecular weight is 445 g/mol. The highest BCUT2D eigenvalue weighted by Gasteiger charge is 2.19. The van der Waals surface area contributed by atoms with E-state index in [2.05, 4.69) is 29.1 Å². The highest BCUT2D eigenvalue weighted by Crippen LogP contribution is 2.14. The molecule has 0 saturated heterocycles. The van der Waals surface area contributed by atoms with Gasteiger partial charge in [-0.1, -0.05) is 106 Å². The number of benzene rings is 2. The molecule has 31 heavy (non-hydrogen) atoms. The molecule has 1 unspecified atom stereocenters. The van der Waals surface area contributed by atoms with Crippen LogP contribution in [0.3, 0.4) is 0 Å². The van der Waals surface area contributed by atoms with Crippen molar-refractivity contribution in [1.82, 2.24) is 10.0 Å². The summed E-state index contributed by atoms with van der Waals surface area (Å²) in [6.07, 6.45) is 10.8. The van der Waals surface area contributed by atoms with Gasteiger partial charge < -0.3 is 5.32 Å². The van der Waals surface area contributed by atoms with Crippen LogP contribution in [0.25, 0.3) is 0 Å². The van der Waals surface area contributed by atoms with E-state index in [1.165, 1.54) is 44.1 Å². The summed E-state index contributed by atoms with van der Waals surface area (Å²) in [6, 6.07) is 17.1. The van der Waals surface area contributed by atoms with E-state index >= 15 is 0 Å². The Balaban J connectivity index is 1.86. The van der Waals surface area contributed by atoms with Crippen LogP contribution < -0.4 is 10.0 Å². The number of aryl methyl sites for hydroxylation is 1. The van der Waals surface area contributed by atoms with Crippen LogP contribution in [0, 0.1) is 6.92 Å². The van der Waals surface area contributed by atoms with Gasteiger partial charge in [0.2, 0.25) is 10.0 Å². The fourth-order valence-corrected chi connectivity index (χ4v) is 4.99. The van der Waals surface area contributed by atoms with Gasteiger partial charge in [0.05, 0.1) is 4.90 Å². The van der Waals surface area contributed by atoms with Crippen LogP contribution in [0.5, 0.6) is 0 Å². The Morgan fingerprint density at radius 1 is 0.806 bits per heavy atom. The normalized spacial score (nSPS) is 12.7. The molecule has 0 bridgehead atoms. The summed E-state index contributed by atoms with van der Waals surface area (Å²) in [4.78, 5) is 0.335. The molecular weight excluding hydrogens is 404 g/mol. The van der Waals surface area contributed by atoms with Gasteiger partial charge >= 0.3 is 0 Å². The smallest absolute Gasteiger partial charge is 0.240 e. The molecule has 172 valence electrons. The minimum Gasteiger partial charge on any atom is -0.311 e. The Bertz CT molecular complexity index is 820. The van der Waals surface area contributed by atoms with Gasteiger partial charge in [-0.3, -0.25) is 0 Å². The first-order chi connectivity index (χ1) is 15.0. The summed E-state index contributed by atoms with van der Waals surface area (Å²) in [6.45, 7) is 5.56. The third-order valence-electron chi connectivity index (χ3n) is 5.62. The molecule has 4 nitrogen and oxygen atoms in total.